The van der Waals surface area contributed by atoms with Gasteiger partial charge in [-0.15, -0.1) is 0 Å². The number of phenolic OH excluding ortho intramolecular Hbond substituents is 1. The van der Waals surface area contributed by atoms with Crippen molar-refractivity contribution in [1.82, 2.24) is 9.78 Å². The lowest BCUT2D eigenvalue weighted by Crippen LogP contribution is -2.26. The number of aromatic nitrogens is 2. The molecule has 0 saturated heterocycles. The van der Waals surface area contributed by atoms with Gasteiger partial charge in [-0.2, -0.15) is 5.10 Å². The predicted molar refractivity (Wildman–Crippen MR) is 134 cm³/mol. The minimum absolute atomic E-state index is 0.0976. The Bertz CT molecular complexity index is 1230. The summed E-state index contributed by atoms with van der Waals surface area (Å²) < 4.78 is 10.0. The molecule has 2 heterocycles. The first-order valence-electron chi connectivity index (χ1n) is 10.2. The topological polar surface area (TPSA) is 64.3 Å². The molecule has 1 N–H and O–H groups in total. The summed E-state index contributed by atoms with van der Waals surface area (Å²) in [6.45, 7) is 2.53. The molecule has 2 aliphatic rings. The molecule has 7 heteroatoms. The van der Waals surface area contributed by atoms with Crippen LogP contribution < -0.4 is 4.74 Å². The molecule has 1 atom stereocenters. The zero-order valence-corrected chi connectivity index (χ0v) is 21.2. The van der Waals surface area contributed by atoms with Gasteiger partial charge in [0.1, 0.15) is 11.5 Å². The third-order valence-corrected chi connectivity index (χ3v) is 7.32. The van der Waals surface area contributed by atoms with Crippen molar-refractivity contribution in [1.29, 1.82) is 0 Å². The second-order valence-electron chi connectivity index (χ2n) is 7.92. The number of aryl methyl sites for hydroxylation is 1. The Morgan fingerprint density at radius 3 is 2.74 bits per heavy atom. The Morgan fingerprint density at radius 1 is 1.19 bits per heavy atom. The first-order chi connectivity index (χ1) is 14.9. The van der Waals surface area contributed by atoms with Crippen molar-refractivity contribution < 1.29 is 14.6 Å². The van der Waals surface area contributed by atoms with Crippen LogP contribution in [0, 0.1) is 14.1 Å². The fourth-order valence-electron chi connectivity index (χ4n) is 4.52. The van der Waals surface area contributed by atoms with Gasteiger partial charge < -0.3 is 9.84 Å². The molecular weight excluding hydrogens is 618 g/mol. The lowest BCUT2D eigenvalue weighted by Gasteiger charge is -2.32. The third-order valence-electron chi connectivity index (χ3n) is 5.87. The third kappa shape index (κ3) is 3.69. The number of allylic oxidation sites excluding steroid dienone is 2. The largest absolute Gasteiger partial charge is 0.507 e. The van der Waals surface area contributed by atoms with Crippen LogP contribution in [0.15, 0.2) is 53.8 Å². The van der Waals surface area contributed by atoms with Crippen LogP contribution in [0.2, 0.25) is 0 Å². The van der Waals surface area contributed by atoms with E-state index in [1.165, 1.54) is 0 Å². The smallest absolute Gasteiger partial charge is 0.222 e. The van der Waals surface area contributed by atoms with Crippen LogP contribution >= 0.6 is 45.2 Å². The molecule has 2 aromatic carbocycles. The molecule has 0 radical (unpaired) electrons. The molecule has 1 unspecified atom stereocenters. The second-order valence-corrected chi connectivity index (χ2v) is 10.3. The molecule has 1 aliphatic heterocycles. The number of fused-ring (bicyclic) bond motifs is 1. The van der Waals surface area contributed by atoms with E-state index in [1.807, 2.05) is 41.9 Å². The minimum atomic E-state index is -0.376. The van der Waals surface area contributed by atoms with Crippen molar-refractivity contribution in [3.05, 3.63) is 83.3 Å². The molecular formula is C24H20I2N2O3. The van der Waals surface area contributed by atoms with Crippen LogP contribution in [-0.2, 0) is 11.3 Å². The summed E-state index contributed by atoms with van der Waals surface area (Å²) in [6, 6.07) is 14.0. The van der Waals surface area contributed by atoms with Gasteiger partial charge in [-0.3, -0.25) is 4.79 Å². The van der Waals surface area contributed by atoms with Gasteiger partial charge in [0.25, 0.3) is 0 Å². The number of Topliss-reactive ketones (excluding diaryl/α,β-unsaturated/α-hetero) is 1. The van der Waals surface area contributed by atoms with E-state index in [2.05, 4.69) is 57.3 Å². The van der Waals surface area contributed by atoms with Gasteiger partial charge in [0.2, 0.25) is 5.88 Å². The summed E-state index contributed by atoms with van der Waals surface area (Å²) in [4.78, 5) is 13.1. The highest BCUT2D eigenvalue weighted by Gasteiger charge is 2.41. The van der Waals surface area contributed by atoms with Crippen molar-refractivity contribution in [3.63, 3.8) is 0 Å². The average Bonchev–Trinajstić information content (AvgIpc) is 3.05. The molecule has 0 saturated carbocycles. The van der Waals surface area contributed by atoms with E-state index in [4.69, 9.17) is 9.84 Å². The number of hydrogen-bond acceptors (Lipinski definition) is 4. The fourth-order valence-corrected chi connectivity index (χ4v) is 6.41. The highest BCUT2D eigenvalue weighted by molar-refractivity contribution is 14.1. The van der Waals surface area contributed by atoms with Crippen molar-refractivity contribution in [2.75, 3.05) is 0 Å². The zero-order chi connectivity index (χ0) is 21.7. The minimum Gasteiger partial charge on any atom is -0.507 e. The molecule has 158 valence electrons. The highest BCUT2D eigenvalue weighted by Crippen LogP contribution is 2.50. The van der Waals surface area contributed by atoms with Crippen LogP contribution in [-0.4, -0.2) is 20.7 Å². The van der Waals surface area contributed by atoms with Crippen LogP contribution in [0.5, 0.6) is 11.6 Å². The van der Waals surface area contributed by atoms with Crippen molar-refractivity contribution in [2.24, 2.45) is 0 Å². The first-order valence-corrected chi connectivity index (χ1v) is 12.3. The molecule has 3 aromatic rings. The molecule has 0 bridgehead atoms. The van der Waals surface area contributed by atoms with Gasteiger partial charge in [0.05, 0.1) is 21.7 Å². The van der Waals surface area contributed by atoms with E-state index in [0.717, 1.165) is 41.7 Å². The number of rotatable bonds is 3. The number of phenols is 1. The van der Waals surface area contributed by atoms with E-state index in [-0.39, 0.29) is 17.5 Å². The molecule has 5 nitrogen and oxygen atoms in total. The standard InChI is InChI=1S/C24H20I2N2O3/c1-13-20-21(16-10-15(25)11-17(26)23(16)30)22-18(29)8-5-9-19(22)31-24(20)28(27-13)12-14-6-3-2-4-7-14/h2-4,6-7,10-11,21,30H,5,8-9,12H2,1H3. The van der Waals surface area contributed by atoms with E-state index >= 15 is 0 Å². The summed E-state index contributed by atoms with van der Waals surface area (Å²) in [5, 5.41) is 15.8. The Kier molecular flexibility index (Phi) is 5.58. The summed E-state index contributed by atoms with van der Waals surface area (Å²) in [6.07, 6.45) is 2.00. The first kappa shape index (κ1) is 21.0. The summed E-state index contributed by atoms with van der Waals surface area (Å²) >= 11 is 4.40. The number of hydrogen-bond donors (Lipinski definition) is 1. The van der Waals surface area contributed by atoms with E-state index in [9.17, 15) is 9.90 Å². The van der Waals surface area contributed by atoms with Crippen LogP contribution in [0.25, 0.3) is 0 Å². The molecule has 0 spiro atoms. The number of carbonyl (C=O) groups excluding carboxylic acids is 1. The number of aromatic hydroxyl groups is 1. The normalized spacial score (nSPS) is 17.9. The maximum atomic E-state index is 13.1. The maximum Gasteiger partial charge on any atom is 0.222 e. The number of ether oxygens (including phenoxy) is 1. The Labute approximate surface area is 207 Å². The molecule has 0 amide bonds. The SMILES string of the molecule is Cc1nn(Cc2ccccc2)c2c1C(c1cc(I)cc(I)c1O)C1=C(CCCC1=O)O2. The van der Waals surface area contributed by atoms with E-state index in [1.54, 1.807) is 0 Å². The van der Waals surface area contributed by atoms with Crippen LogP contribution in [0.1, 0.15) is 47.6 Å². The van der Waals surface area contributed by atoms with Gasteiger partial charge in [0, 0.05) is 33.1 Å². The van der Waals surface area contributed by atoms with Gasteiger partial charge in [-0.25, -0.2) is 4.68 Å². The van der Waals surface area contributed by atoms with Gasteiger partial charge >= 0.3 is 0 Å². The molecule has 1 aliphatic carbocycles. The fraction of sp³-hybridized carbons (Fsp3) is 0.250. The molecule has 1 aromatic heterocycles. The molecule has 0 fully saturated rings. The molecule has 31 heavy (non-hydrogen) atoms. The maximum absolute atomic E-state index is 13.1. The van der Waals surface area contributed by atoms with E-state index < -0.39 is 0 Å². The lowest BCUT2D eigenvalue weighted by atomic mass is 9.77. The Morgan fingerprint density at radius 2 is 1.97 bits per heavy atom. The molecule has 5 rings (SSSR count). The van der Waals surface area contributed by atoms with Gasteiger partial charge in [-0.05, 0) is 76.2 Å². The summed E-state index contributed by atoms with van der Waals surface area (Å²) in [5.41, 5.74) is 4.23. The van der Waals surface area contributed by atoms with Gasteiger partial charge in [-0.1, -0.05) is 30.3 Å². The number of ketones is 1. The number of benzene rings is 2. The predicted octanol–water partition coefficient (Wildman–Crippen LogP) is 5.69. The zero-order valence-electron chi connectivity index (χ0n) is 16.9. The van der Waals surface area contributed by atoms with Crippen molar-refractivity contribution in [3.8, 4) is 11.6 Å². The lowest BCUT2D eigenvalue weighted by molar-refractivity contribution is -0.116. The van der Waals surface area contributed by atoms with Crippen molar-refractivity contribution in [2.45, 2.75) is 38.6 Å². The monoisotopic (exact) mass is 638 g/mol. The Balaban J connectivity index is 1.72. The quantitative estimate of drug-likeness (QED) is 0.375. The Hall–Kier alpha value is -1.88. The van der Waals surface area contributed by atoms with Gasteiger partial charge in [0.15, 0.2) is 5.78 Å². The second kappa shape index (κ2) is 8.23. The van der Waals surface area contributed by atoms with Crippen LogP contribution in [0.4, 0.5) is 0 Å². The highest BCUT2D eigenvalue weighted by atomic mass is 127. The summed E-state index contributed by atoms with van der Waals surface area (Å²) in [5.74, 6) is 1.34. The van der Waals surface area contributed by atoms with Crippen LogP contribution in [0.3, 0.4) is 0 Å². The summed E-state index contributed by atoms with van der Waals surface area (Å²) in [7, 11) is 0. The number of nitrogens with zero attached hydrogens (tertiary/aromatic N) is 2. The number of halogens is 2. The number of carbonyl (C=O) groups is 1. The van der Waals surface area contributed by atoms with Crippen molar-refractivity contribution >= 4 is 51.0 Å². The average molecular weight is 638 g/mol. The van der Waals surface area contributed by atoms with E-state index in [0.29, 0.717) is 30.8 Å².